The number of hydrogen-bond donors (Lipinski definition) is 1. The van der Waals surface area contributed by atoms with E-state index in [1.54, 1.807) is 7.05 Å². The molecule has 0 aromatic heterocycles. The predicted molar refractivity (Wildman–Crippen MR) is 76.2 cm³/mol. The third-order valence-corrected chi connectivity index (χ3v) is 3.14. The van der Waals surface area contributed by atoms with Crippen molar-refractivity contribution in [3.63, 3.8) is 0 Å². The molecule has 1 rings (SSSR count). The van der Waals surface area contributed by atoms with Crippen molar-refractivity contribution in [3.05, 3.63) is 35.4 Å². The second-order valence-electron chi connectivity index (χ2n) is 4.95. The SMILES string of the molecule is CNC(=O)C(C)CN(C)CC(=O)c1ccccc1C. The van der Waals surface area contributed by atoms with Gasteiger partial charge < -0.3 is 5.32 Å². The first kappa shape index (κ1) is 15.4. The highest BCUT2D eigenvalue weighted by Gasteiger charge is 2.16. The molecule has 1 amide bonds. The molecule has 1 unspecified atom stereocenters. The number of carbonyl (C=O) groups excluding carboxylic acids is 2. The molecule has 0 saturated carbocycles. The molecular formula is C15H22N2O2. The minimum absolute atomic E-state index is 0.00445. The van der Waals surface area contributed by atoms with Gasteiger partial charge >= 0.3 is 0 Å². The summed E-state index contributed by atoms with van der Waals surface area (Å²) in [5.41, 5.74) is 1.74. The smallest absolute Gasteiger partial charge is 0.223 e. The summed E-state index contributed by atoms with van der Waals surface area (Å²) in [5.74, 6) is -0.0421. The van der Waals surface area contributed by atoms with E-state index in [2.05, 4.69) is 5.32 Å². The summed E-state index contributed by atoms with van der Waals surface area (Å²) in [5, 5.41) is 2.61. The van der Waals surface area contributed by atoms with Gasteiger partial charge in [0.1, 0.15) is 0 Å². The molecule has 19 heavy (non-hydrogen) atoms. The van der Waals surface area contributed by atoms with Crippen molar-refractivity contribution < 1.29 is 9.59 Å². The Morgan fingerprint density at radius 1 is 1.32 bits per heavy atom. The van der Waals surface area contributed by atoms with Crippen molar-refractivity contribution in [3.8, 4) is 0 Å². The molecule has 4 heteroatoms. The summed E-state index contributed by atoms with van der Waals surface area (Å²) in [4.78, 5) is 25.5. The standard InChI is InChI=1S/C15H22N2O2/c1-11-7-5-6-8-13(11)14(18)10-17(4)9-12(2)15(19)16-3/h5-8,12H,9-10H2,1-4H3,(H,16,19). The molecule has 4 nitrogen and oxygen atoms in total. The molecule has 1 N–H and O–H groups in total. The Hall–Kier alpha value is -1.68. The fourth-order valence-electron chi connectivity index (χ4n) is 2.08. The summed E-state index contributed by atoms with van der Waals surface area (Å²) in [7, 11) is 3.48. The molecule has 0 bridgehead atoms. The van der Waals surface area contributed by atoms with Gasteiger partial charge in [0.15, 0.2) is 5.78 Å². The van der Waals surface area contributed by atoms with Crippen LogP contribution in [-0.4, -0.2) is 43.8 Å². The van der Waals surface area contributed by atoms with Gasteiger partial charge in [-0.3, -0.25) is 14.5 Å². The molecule has 1 aromatic rings. The van der Waals surface area contributed by atoms with Crippen LogP contribution in [0, 0.1) is 12.8 Å². The monoisotopic (exact) mass is 262 g/mol. The summed E-state index contributed by atoms with van der Waals surface area (Å²) >= 11 is 0. The van der Waals surface area contributed by atoms with Crippen molar-refractivity contribution in [1.29, 1.82) is 0 Å². The summed E-state index contributed by atoms with van der Waals surface area (Å²) < 4.78 is 0. The summed E-state index contributed by atoms with van der Waals surface area (Å²) in [6.07, 6.45) is 0. The predicted octanol–water partition coefficient (Wildman–Crippen LogP) is 1.49. The number of aryl methyl sites for hydroxylation is 1. The van der Waals surface area contributed by atoms with E-state index in [0.717, 1.165) is 11.1 Å². The number of carbonyl (C=O) groups is 2. The lowest BCUT2D eigenvalue weighted by molar-refractivity contribution is -0.124. The number of amides is 1. The third-order valence-electron chi connectivity index (χ3n) is 3.14. The second-order valence-corrected chi connectivity index (χ2v) is 4.95. The lowest BCUT2D eigenvalue weighted by Gasteiger charge is -2.20. The van der Waals surface area contributed by atoms with E-state index in [9.17, 15) is 9.59 Å². The summed E-state index contributed by atoms with van der Waals surface area (Å²) in [6, 6.07) is 7.56. The van der Waals surface area contributed by atoms with Crippen LogP contribution < -0.4 is 5.32 Å². The first-order chi connectivity index (χ1) is 8.95. The quantitative estimate of drug-likeness (QED) is 0.790. The topological polar surface area (TPSA) is 49.4 Å². The Labute approximate surface area is 114 Å². The molecule has 0 aliphatic heterocycles. The van der Waals surface area contributed by atoms with Crippen LogP contribution in [0.1, 0.15) is 22.8 Å². The van der Waals surface area contributed by atoms with Gasteiger partial charge in [0.2, 0.25) is 5.91 Å². The van der Waals surface area contributed by atoms with Gasteiger partial charge in [-0.2, -0.15) is 0 Å². The number of nitrogens with one attached hydrogen (secondary N) is 1. The Morgan fingerprint density at radius 2 is 1.95 bits per heavy atom. The van der Waals surface area contributed by atoms with Crippen molar-refractivity contribution in [2.24, 2.45) is 5.92 Å². The van der Waals surface area contributed by atoms with E-state index in [4.69, 9.17) is 0 Å². The highest BCUT2D eigenvalue weighted by atomic mass is 16.1. The average Bonchev–Trinajstić information content (AvgIpc) is 2.37. The molecule has 104 valence electrons. The Kier molecular flexibility index (Phi) is 5.70. The highest BCUT2D eigenvalue weighted by molar-refractivity contribution is 5.98. The molecule has 1 atom stereocenters. The van der Waals surface area contributed by atoms with Crippen LogP contribution in [0.25, 0.3) is 0 Å². The molecule has 0 spiro atoms. The average molecular weight is 262 g/mol. The van der Waals surface area contributed by atoms with E-state index in [1.807, 2.05) is 50.1 Å². The van der Waals surface area contributed by atoms with Gasteiger partial charge in [0.25, 0.3) is 0 Å². The van der Waals surface area contributed by atoms with Crippen molar-refractivity contribution in [2.45, 2.75) is 13.8 Å². The van der Waals surface area contributed by atoms with Crippen LogP contribution in [0.4, 0.5) is 0 Å². The van der Waals surface area contributed by atoms with Crippen LogP contribution >= 0.6 is 0 Å². The third kappa shape index (κ3) is 4.48. The van der Waals surface area contributed by atoms with Gasteiger partial charge in [0, 0.05) is 25.1 Å². The van der Waals surface area contributed by atoms with Crippen LogP contribution in [0.2, 0.25) is 0 Å². The number of ketones is 1. The van der Waals surface area contributed by atoms with E-state index in [0.29, 0.717) is 13.1 Å². The van der Waals surface area contributed by atoms with Gasteiger partial charge in [-0.05, 0) is 19.5 Å². The lowest BCUT2D eigenvalue weighted by atomic mass is 10.0. The maximum absolute atomic E-state index is 12.2. The number of nitrogens with zero attached hydrogens (tertiary/aromatic N) is 1. The molecule has 0 aliphatic carbocycles. The summed E-state index contributed by atoms with van der Waals surface area (Å²) in [6.45, 7) is 4.68. The van der Waals surface area contributed by atoms with Gasteiger partial charge in [-0.1, -0.05) is 31.2 Å². The van der Waals surface area contributed by atoms with Gasteiger partial charge in [-0.15, -0.1) is 0 Å². The van der Waals surface area contributed by atoms with E-state index >= 15 is 0 Å². The maximum atomic E-state index is 12.2. The van der Waals surface area contributed by atoms with E-state index < -0.39 is 0 Å². The normalized spacial score (nSPS) is 12.3. The van der Waals surface area contributed by atoms with Gasteiger partial charge in [-0.25, -0.2) is 0 Å². The first-order valence-electron chi connectivity index (χ1n) is 6.44. The number of likely N-dealkylation sites (N-methyl/N-ethyl adjacent to an activating group) is 1. The molecule has 0 radical (unpaired) electrons. The lowest BCUT2D eigenvalue weighted by Crippen LogP contribution is -2.36. The Morgan fingerprint density at radius 3 is 2.53 bits per heavy atom. The molecule has 1 aromatic carbocycles. The molecule has 0 fully saturated rings. The molecular weight excluding hydrogens is 240 g/mol. The van der Waals surface area contributed by atoms with Crippen molar-refractivity contribution in [1.82, 2.24) is 10.2 Å². The number of hydrogen-bond acceptors (Lipinski definition) is 3. The Bertz CT molecular complexity index is 457. The van der Waals surface area contributed by atoms with Crippen molar-refractivity contribution in [2.75, 3.05) is 27.2 Å². The minimum Gasteiger partial charge on any atom is -0.359 e. The fraction of sp³-hybridized carbons (Fsp3) is 0.467. The fourth-order valence-corrected chi connectivity index (χ4v) is 2.08. The van der Waals surface area contributed by atoms with Crippen LogP contribution in [0.15, 0.2) is 24.3 Å². The minimum atomic E-state index is -0.125. The van der Waals surface area contributed by atoms with Crippen LogP contribution in [0.5, 0.6) is 0 Å². The molecule has 0 aliphatic rings. The zero-order chi connectivity index (χ0) is 14.4. The number of Topliss-reactive ketones (excluding diaryl/α,β-unsaturated/α-hetero) is 1. The van der Waals surface area contributed by atoms with Crippen LogP contribution in [0.3, 0.4) is 0 Å². The zero-order valence-corrected chi connectivity index (χ0v) is 12.1. The molecule has 0 saturated heterocycles. The van der Waals surface area contributed by atoms with Crippen molar-refractivity contribution >= 4 is 11.7 Å². The first-order valence-corrected chi connectivity index (χ1v) is 6.44. The maximum Gasteiger partial charge on any atom is 0.223 e. The highest BCUT2D eigenvalue weighted by Crippen LogP contribution is 2.09. The number of benzene rings is 1. The molecule has 0 heterocycles. The largest absolute Gasteiger partial charge is 0.359 e. The zero-order valence-electron chi connectivity index (χ0n) is 12.1. The number of rotatable bonds is 6. The van der Waals surface area contributed by atoms with Crippen LogP contribution in [-0.2, 0) is 4.79 Å². The Balaban J connectivity index is 2.58. The van der Waals surface area contributed by atoms with E-state index in [-0.39, 0.29) is 17.6 Å². The van der Waals surface area contributed by atoms with Gasteiger partial charge in [0.05, 0.1) is 6.54 Å². The second kappa shape index (κ2) is 7.04. The van der Waals surface area contributed by atoms with E-state index in [1.165, 1.54) is 0 Å².